The topological polar surface area (TPSA) is 110 Å². The number of sulfonamides is 1. The average Bonchev–Trinajstić information content (AvgIpc) is 2.31. The Labute approximate surface area is 107 Å². The standard InChI is InChI=1S/C10H19NO6S/c1-8(3-4-9(12)13)7-11-18(15,16)6-5-10(14)17-2/h8,11H,3-7H2,1-2H3,(H,12,13). The molecule has 0 aliphatic heterocycles. The lowest BCUT2D eigenvalue weighted by molar-refractivity contribution is -0.140. The second-order valence-electron chi connectivity index (χ2n) is 4.03. The summed E-state index contributed by atoms with van der Waals surface area (Å²) in [4.78, 5) is 21.1. The first-order valence-electron chi connectivity index (χ1n) is 5.52. The van der Waals surface area contributed by atoms with E-state index in [1.54, 1.807) is 6.92 Å². The van der Waals surface area contributed by atoms with Crippen molar-refractivity contribution in [2.24, 2.45) is 5.92 Å². The maximum atomic E-state index is 11.5. The Kier molecular flexibility index (Phi) is 7.53. The van der Waals surface area contributed by atoms with Gasteiger partial charge in [0.1, 0.15) is 0 Å². The molecule has 0 aromatic heterocycles. The van der Waals surface area contributed by atoms with E-state index in [2.05, 4.69) is 9.46 Å². The van der Waals surface area contributed by atoms with Crippen molar-refractivity contribution < 1.29 is 27.9 Å². The molecular weight excluding hydrogens is 262 g/mol. The van der Waals surface area contributed by atoms with Crippen LogP contribution in [-0.4, -0.2) is 44.9 Å². The van der Waals surface area contributed by atoms with Crippen LogP contribution in [0.1, 0.15) is 26.2 Å². The van der Waals surface area contributed by atoms with Crippen molar-refractivity contribution >= 4 is 22.0 Å². The van der Waals surface area contributed by atoms with Crippen LogP contribution in [0.3, 0.4) is 0 Å². The van der Waals surface area contributed by atoms with E-state index < -0.39 is 22.0 Å². The van der Waals surface area contributed by atoms with Gasteiger partial charge in [0.2, 0.25) is 10.0 Å². The molecule has 0 aliphatic rings. The van der Waals surface area contributed by atoms with E-state index >= 15 is 0 Å². The van der Waals surface area contributed by atoms with Crippen LogP contribution in [-0.2, 0) is 24.3 Å². The highest BCUT2D eigenvalue weighted by molar-refractivity contribution is 7.89. The maximum absolute atomic E-state index is 11.5. The normalized spacial score (nSPS) is 13.0. The van der Waals surface area contributed by atoms with Crippen LogP contribution in [0.15, 0.2) is 0 Å². The number of ether oxygens (including phenoxy) is 1. The molecular formula is C10H19NO6S. The molecule has 0 saturated heterocycles. The predicted octanol–water partition coefficient (Wildman–Crippen LogP) is -0.0302. The van der Waals surface area contributed by atoms with Crippen LogP contribution in [0.2, 0.25) is 0 Å². The number of esters is 1. The molecule has 0 aliphatic carbocycles. The highest BCUT2D eigenvalue weighted by Crippen LogP contribution is 2.04. The number of carbonyl (C=O) groups is 2. The Morgan fingerprint density at radius 1 is 1.33 bits per heavy atom. The Bertz CT molecular complexity index is 378. The fourth-order valence-electron chi connectivity index (χ4n) is 1.13. The third-order valence-electron chi connectivity index (χ3n) is 2.31. The van der Waals surface area contributed by atoms with Crippen LogP contribution in [0.5, 0.6) is 0 Å². The maximum Gasteiger partial charge on any atom is 0.306 e. The molecule has 8 heteroatoms. The molecule has 0 amide bonds. The van der Waals surface area contributed by atoms with Crippen molar-refractivity contribution in [3.8, 4) is 0 Å². The molecule has 2 N–H and O–H groups in total. The number of aliphatic carboxylic acids is 1. The molecule has 106 valence electrons. The largest absolute Gasteiger partial charge is 0.481 e. The summed E-state index contributed by atoms with van der Waals surface area (Å²) in [5.74, 6) is -1.89. The molecule has 7 nitrogen and oxygen atoms in total. The lowest BCUT2D eigenvalue weighted by atomic mass is 10.1. The van der Waals surface area contributed by atoms with Crippen molar-refractivity contribution in [1.82, 2.24) is 4.72 Å². The van der Waals surface area contributed by atoms with Crippen LogP contribution in [0.25, 0.3) is 0 Å². The lowest BCUT2D eigenvalue weighted by Gasteiger charge is -2.11. The molecule has 0 aromatic carbocycles. The molecule has 0 bridgehead atoms. The summed E-state index contributed by atoms with van der Waals surface area (Å²) in [6, 6.07) is 0. The SMILES string of the molecule is COC(=O)CCS(=O)(=O)NCC(C)CCC(=O)O. The van der Waals surface area contributed by atoms with Gasteiger partial charge < -0.3 is 9.84 Å². The number of hydrogen-bond donors (Lipinski definition) is 2. The number of carbonyl (C=O) groups excluding carboxylic acids is 1. The number of methoxy groups -OCH3 is 1. The van der Waals surface area contributed by atoms with Crippen molar-refractivity contribution in [2.45, 2.75) is 26.2 Å². The predicted molar refractivity (Wildman–Crippen MR) is 64.5 cm³/mol. The van der Waals surface area contributed by atoms with Gasteiger partial charge in [-0.15, -0.1) is 0 Å². The van der Waals surface area contributed by atoms with Crippen molar-refractivity contribution in [2.75, 3.05) is 19.4 Å². The quantitative estimate of drug-likeness (QED) is 0.574. The van der Waals surface area contributed by atoms with E-state index in [1.165, 1.54) is 7.11 Å². The van der Waals surface area contributed by atoms with E-state index in [1.807, 2.05) is 0 Å². The Morgan fingerprint density at radius 3 is 2.44 bits per heavy atom. The van der Waals surface area contributed by atoms with E-state index in [0.29, 0.717) is 6.42 Å². The average molecular weight is 281 g/mol. The Balaban J connectivity index is 3.95. The first kappa shape index (κ1) is 16.9. The van der Waals surface area contributed by atoms with Gasteiger partial charge in [-0.2, -0.15) is 0 Å². The zero-order chi connectivity index (χ0) is 14.2. The molecule has 1 atom stereocenters. The van der Waals surface area contributed by atoms with Gasteiger partial charge in [-0.1, -0.05) is 6.92 Å². The molecule has 0 aromatic rings. The second kappa shape index (κ2) is 8.04. The zero-order valence-electron chi connectivity index (χ0n) is 10.5. The van der Waals surface area contributed by atoms with Crippen LogP contribution >= 0.6 is 0 Å². The van der Waals surface area contributed by atoms with E-state index in [4.69, 9.17) is 5.11 Å². The molecule has 0 fully saturated rings. The van der Waals surface area contributed by atoms with Gasteiger partial charge >= 0.3 is 11.9 Å². The minimum Gasteiger partial charge on any atom is -0.481 e. The summed E-state index contributed by atoms with van der Waals surface area (Å²) >= 11 is 0. The van der Waals surface area contributed by atoms with Gasteiger partial charge in [0.25, 0.3) is 0 Å². The molecule has 0 spiro atoms. The number of hydrogen-bond acceptors (Lipinski definition) is 5. The van der Waals surface area contributed by atoms with E-state index in [0.717, 1.165) is 0 Å². The summed E-state index contributed by atoms with van der Waals surface area (Å²) in [6.07, 6.45) is 0.204. The van der Waals surface area contributed by atoms with Gasteiger partial charge in [0, 0.05) is 13.0 Å². The highest BCUT2D eigenvalue weighted by atomic mass is 32.2. The number of carboxylic acids is 1. The van der Waals surface area contributed by atoms with E-state index in [9.17, 15) is 18.0 Å². The van der Waals surface area contributed by atoms with Gasteiger partial charge in [-0.05, 0) is 12.3 Å². The van der Waals surface area contributed by atoms with Crippen molar-refractivity contribution in [3.63, 3.8) is 0 Å². The van der Waals surface area contributed by atoms with Gasteiger partial charge in [-0.25, -0.2) is 13.1 Å². The number of rotatable bonds is 9. The fourth-order valence-corrected chi connectivity index (χ4v) is 2.25. The first-order valence-corrected chi connectivity index (χ1v) is 7.18. The van der Waals surface area contributed by atoms with Gasteiger partial charge in [0.15, 0.2) is 0 Å². The van der Waals surface area contributed by atoms with Crippen LogP contribution in [0.4, 0.5) is 0 Å². The monoisotopic (exact) mass is 281 g/mol. The highest BCUT2D eigenvalue weighted by Gasteiger charge is 2.15. The molecule has 18 heavy (non-hydrogen) atoms. The third kappa shape index (κ3) is 8.94. The van der Waals surface area contributed by atoms with Gasteiger partial charge in [-0.3, -0.25) is 9.59 Å². The number of nitrogens with one attached hydrogen (secondary N) is 1. The molecule has 0 saturated carbocycles. The first-order chi connectivity index (χ1) is 8.26. The van der Waals surface area contributed by atoms with E-state index in [-0.39, 0.29) is 31.1 Å². The third-order valence-corrected chi connectivity index (χ3v) is 3.65. The van der Waals surface area contributed by atoms with Crippen LogP contribution in [0, 0.1) is 5.92 Å². The van der Waals surface area contributed by atoms with Crippen molar-refractivity contribution in [1.29, 1.82) is 0 Å². The molecule has 1 unspecified atom stereocenters. The lowest BCUT2D eigenvalue weighted by Crippen LogP contribution is -2.31. The molecule has 0 rings (SSSR count). The summed E-state index contributed by atoms with van der Waals surface area (Å²) in [6.45, 7) is 1.92. The molecule has 0 heterocycles. The van der Waals surface area contributed by atoms with Gasteiger partial charge in [0.05, 0.1) is 19.3 Å². The summed E-state index contributed by atoms with van der Waals surface area (Å²) < 4.78 is 29.6. The second-order valence-corrected chi connectivity index (χ2v) is 5.96. The zero-order valence-corrected chi connectivity index (χ0v) is 11.3. The molecule has 0 radical (unpaired) electrons. The fraction of sp³-hybridized carbons (Fsp3) is 0.800. The summed E-state index contributed by atoms with van der Waals surface area (Å²) in [5, 5.41) is 8.47. The smallest absolute Gasteiger partial charge is 0.306 e. The minimum absolute atomic E-state index is 0.00501. The van der Waals surface area contributed by atoms with Crippen LogP contribution < -0.4 is 4.72 Å². The number of carboxylic acid groups (broad SMARTS) is 1. The summed E-state index contributed by atoms with van der Waals surface area (Å²) in [5.41, 5.74) is 0. The Morgan fingerprint density at radius 2 is 1.94 bits per heavy atom. The summed E-state index contributed by atoms with van der Waals surface area (Å²) in [7, 11) is -2.33. The minimum atomic E-state index is -3.52. The van der Waals surface area contributed by atoms with Crippen molar-refractivity contribution in [3.05, 3.63) is 0 Å². The Hall–Kier alpha value is -1.15.